The Morgan fingerprint density at radius 2 is 1.76 bits per heavy atom. The van der Waals surface area contributed by atoms with E-state index in [2.05, 4.69) is 15.5 Å². The minimum absolute atomic E-state index is 0.0925. The number of alkyl halides is 3. The van der Waals surface area contributed by atoms with Crippen LogP contribution in [0.4, 0.5) is 27.8 Å². The molecule has 34 heavy (non-hydrogen) atoms. The second kappa shape index (κ2) is 9.37. The Labute approximate surface area is 197 Å². The van der Waals surface area contributed by atoms with Gasteiger partial charge in [0.05, 0.1) is 5.69 Å². The molecule has 3 aliphatic rings. The third-order valence-corrected chi connectivity index (χ3v) is 6.98. The number of aromatic nitrogens is 2. The average molecular weight is 485 g/mol. The van der Waals surface area contributed by atoms with Crippen molar-refractivity contribution < 1.29 is 29.4 Å². The zero-order valence-corrected chi connectivity index (χ0v) is 18.4. The molecule has 2 aromatic rings. The molecule has 184 valence electrons. The number of anilines is 1. The summed E-state index contributed by atoms with van der Waals surface area (Å²) in [6.45, 7) is 0.799. The van der Waals surface area contributed by atoms with E-state index in [1.54, 1.807) is 0 Å². The smallest absolute Gasteiger partial charge is 0.381 e. The van der Waals surface area contributed by atoms with Crippen molar-refractivity contribution in [2.45, 2.75) is 37.9 Å². The van der Waals surface area contributed by atoms with Gasteiger partial charge in [-0.2, -0.15) is 13.2 Å². The van der Waals surface area contributed by atoms with Gasteiger partial charge in [0.2, 0.25) is 0 Å². The summed E-state index contributed by atoms with van der Waals surface area (Å²) in [5, 5.41) is 10.3. The fourth-order valence-electron chi connectivity index (χ4n) is 5.34. The average Bonchev–Trinajstić information content (AvgIpc) is 3.40. The van der Waals surface area contributed by atoms with Crippen molar-refractivity contribution in [2.24, 2.45) is 17.8 Å². The van der Waals surface area contributed by atoms with Gasteiger partial charge in [-0.15, -0.1) is 10.2 Å². The van der Waals surface area contributed by atoms with E-state index in [4.69, 9.17) is 7.48 Å². The first kappa shape index (κ1) is 21.0. The van der Waals surface area contributed by atoms with Crippen LogP contribution < -0.4 is 5.32 Å². The van der Waals surface area contributed by atoms with Gasteiger partial charge in [0.15, 0.2) is 5.82 Å². The standard InChI is InChI=1S/C24H27F5N4O/c25-17-1-2-21(26)19(9-17)22-10-20(24(27,28)29)23(32-31-22)30-18-7-15-12-33(13-16(15)8-18)11-14-3-5-34-6-4-14/h1-2,9-10,14-16,18H,3-8,11-13H2,(H,30,32)/i11D2. The molecule has 0 spiro atoms. The van der Waals surface area contributed by atoms with E-state index in [9.17, 15) is 22.0 Å². The molecule has 2 saturated heterocycles. The van der Waals surface area contributed by atoms with Crippen molar-refractivity contribution in [1.82, 2.24) is 15.1 Å². The highest BCUT2D eigenvalue weighted by molar-refractivity contribution is 5.63. The quantitative estimate of drug-likeness (QED) is 0.606. The molecule has 3 fully saturated rings. The first-order valence-electron chi connectivity index (χ1n) is 12.5. The molecule has 0 radical (unpaired) electrons. The normalized spacial score (nSPS) is 27.4. The molecule has 3 heterocycles. The van der Waals surface area contributed by atoms with Gasteiger partial charge in [-0.25, -0.2) is 8.78 Å². The second-order valence-electron chi connectivity index (χ2n) is 9.37. The van der Waals surface area contributed by atoms with Crippen LogP contribution in [0.1, 0.15) is 34.0 Å². The largest absolute Gasteiger partial charge is 0.420 e. The number of hydrogen-bond acceptors (Lipinski definition) is 5. The van der Waals surface area contributed by atoms with E-state index in [0.717, 1.165) is 18.2 Å². The minimum Gasteiger partial charge on any atom is -0.381 e. The first-order chi connectivity index (χ1) is 17.0. The fraction of sp³-hybridized carbons (Fsp3) is 0.583. The minimum atomic E-state index is -4.78. The number of ether oxygens (including phenoxy) is 1. The lowest BCUT2D eigenvalue weighted by molar-refractivity contribution is -0.137. The van der Waals surface area contributed by atoms with Crippen LogP contribution in [0, 0.1) is 29.4 Å². The Hall–Kier alpha value is -2.33. The predicted octanol–water partition coefficient (Wildman–Crippen LogP) is 4.99. The zero-order valence-electron chi connectivity index (χ0n) is 20.4. The maximum atomic E-state index is 14.1. The SMILES string of the molecule is [2H]C([2H])(C1CCOCC1)N1CC2CC(Nc3nnc(-c4cc(F)ccc4F)cc3C(F)(F)F)CC2C1. The Balaban J connectivity index is 1.29. The summed E-state index contributed by atoms with van der Waals surface area (Å²) in [5.41, 5.74) is -1.89. The second-order valence-corrected chi connectivity index (χ2v) is 9.37. The lowest BCUT2D eigenvalue weighted by Gasteiger charge is -2.28. The number of hydrogen-bond donors (Lipinski definition) is 1. The van der Waals surface area contributed by atoms with Gasteiger partial charge >= 0.3 is 6.18 Å². The molecule has 1 aromatic carbocycles. The topological polar surface area (TPSA) is 50.3 Å². The molecule has 10 heteroatoms. The highest BCUT2D eigenvalue weighted by Crippen LogP contribution is 2.42. The highest BCUT2D eigenvalue weighted by Gasteiger charge is 2.43. The number of nitrogens with one attached hydrogen (secondary N) is 1. The zero-order chi connectivity index (χ0) is 25.7. The summed E-state index contributed by atoms with van der Waals surface area (Å²) < 4.78 is 91.9. The highest BCUT2D eigenvalue weighted by atomic mass is 19.4. The Morgan fingerprint density at radius 1 is 1.06 bits per heavy atom. The van der Waals surface area contributed by atoms with Crippen molar-refractivity contribution >= 4 is 5.82 Å². The third-order valence-electron chi connectivity index (χ3n) is 6.98. The van der Waals surface area contributed by atoms with Gasteiger partial charge in [0.25, 0.3) is 0 Å². The number of fused-ring (bicyclic) bond motifs is 1. The van der Waals surface area contributed by atoms with Crippen LogP contribution in [0.25, 0.3) is 11.3 Å². The first-order valence-corrected chi connectivity index (χ1v) is 11.5. The number of likely N-dealkylation sites (tertiary alicyclic amines) is 1. The number of benzene rings is 1. The van der Waals surface area contributed by atoms with E-state index >= 15 is 0 Å². The van der Waals surface area contributed by atoms with E-state index in [-0.39, 0.29) is 23.8 Å². The lowest BCUT2D eigenvalue weighted by Crippen LogP contribution is -2.32. The van der Waals surface area contributed by atoms with Crippen LogP contribution in [0.3, 0.4) is 0 Å². The fourth-order valence-corrected chi connectivity index (χ4v) is 5.34. The van der Waals surface area contributed by atoms with E-state index in [1.165, 1.54) is 0 Å². The molecule has 2 unspecified atom stereocenters. The Morgan fingerprint density at radius 3 is 2.44 bits per heavy atom. The number of rotatable bonds is 5. The molecule has 1 aliphatic carbocycles. The summed E-state index contributed by atoms with van der Waals surface area (Å²) in [6, 6.07) is 2.91. The summed E-state index contributed by atoms with van der Waals surface area (Å²) in [6.07, 6.45) is -2.24. The lowest BCUT2D eigenvalue weighted by atomic mass is 10.00. The van der Waals surface area contributed by atoms with Crippen LogP contribution in [0.5, 0.6) is 0 Å². The van der Waals surface area contributed by atoms with Gasteiger partial charge < -0.3 is 15.0 Å². The van der Waals surface area contributed by atoms with Crippen molar-refractivity contribution in [1.29, 1.82) is 0 Å². The van der Waals surface area contributed by atoms with E-state index in [1.807, 2.05) is 4.90 Å². The third kappa shape index (κ3) is 5.02. The van der Waals surface area contributed by atoms with Crippen LogP contribution in [-0.4, -0.2) is 53.9 Å². The molecule has 1 aromatic heterocycles. The van der Waals surface area contributed by atoms with Gasteiger partial charge in [-0.05, 0) is 67.7 Å². The van der Waals surface area contributed by atoms with Gasteiger partial charge in [-0.1, -0.05) is 0 Å². The van der Waals surface area contributed by atoms with Crippen molar-refractivity contribution in [3.8, 4) is 11.3 Å². The molecule has 5 rings (SSSR count). The molecular weight excluding hydrogens is 455 g/mol. The molecule has 5 nitrogen and oxygen atoms in total. The van der Waals surface area contributed by atoms with Gasteiger partial charge in [0.1, 0.15) is 17.2 Å². The van der Waals surface area contributed by atoms with Crippen LogP contribution in [0.15, 0.2) is 24.3 Å². The number of nitrogens with zero attached hydrogens (tertiary/aromatic N) is 3. The Bertz CT molecular complexity index is 1100. The van der Waals surface area contributed by atoms with Crippen molar-refractivity contribution in [2.75, 3.05) is 38.1 Å². The molecule has 2 atom stereocenters. The molecule has 2 aliphatic heterocycles. The van der Waals surface area contributed by atoms with Crippen LogP contribution >= 0.6 is 0 Å². The van der Waals surface area contributed by atoms with Gasteiger partial charge in [-0.3, -0.25) is 0 Å². The monoisotopic (exact) mass is 484 g/mol. The van der Waals surface area contributed by atoms with Crippen LogP contribution in [-0.2, 0) is 10.9 Å². The predicted molar refractivity (Wildman–Crippen MR) is 116 cm³/mol. The summed E-state index contributed by atoms with van der Waals surface area (Å²) in [4.78, 5) is 1.89. The summed E-state index contributed by atoms with van der Waals surface area (Å²) >= 11 is 0. The van der Waals surface area contributed by atoms with Crippen molar-refractivity contribution in [3.63, 3.8) is 0 Å². The van der Waals surface area contributed by atoms with E-state index in [0.29, 0.717) is 58.1 Å². The molecule has 0 bridgehead atoms. The molecule has 1 N–H and O–H groups in total. The maximum Gasteiger partial charge on any atom is 0.420 e. The molecule has 0 amide bonds. The van der Waals surface area contributed by atoms with Crippen molar-refractivity contribution in [3.05, 3.63) is 41.5 Å². The summed E-state index contributed by atoms with van der Waals surface area (Å²) in [7, 11) is 0. The van der Waals surface area contributed by atoms with E-state index < -0.39 is 46.9 Å². The maximum absolute atomic E-state index is 14.1. The van der Waals surface area contributed by atoms with Gasteiger partial charge in [0, 0.05) is 47.1 Å². The molecule has 1 saturated carbocycles. The Kier molecular flexibility index (Phi) is 5.79. The van der Waals surface area contributed by atoms with Crippen LogP contribution in [0.2, 0.25) is 0 Å². The summed E-state index contributed by atoms with van der Waals surface area (Å²) in [5.74, 6) is -1.89. The number of halogens is 5. The molecular formula is C24H27F5N4O.